The van der Waals surface area contributed by atoms with Gasteiger partial charge < -0.3 is 15.1 Å². The summed E-state index contributed by atoms with van der Waals surface area (Å²) < 4.78 is 0. The number of rotatable bonds is 8. The van der Waals surface area contributed by atoms with Crippen LogP contribution in [-0.2, 0) is 4.79 Å². The molecule has 0 spiro atoms. The minimum Gasteiger partial charge on any atom is -0.383 e. The van der Waals surface area contributed by atoms with Crippen molar-refractivity contribution in [3.63, 3.8) is 0 Å². The molecule has 1 aliphatic rings. The molecule has 0 saturated carbocycles. The van der Waals surface area contributed by atoms with Gasteiger partial charge >= 0.3 is 0 Å². The van der Waals surface area contributed by atoms with Gasteiger partial charge in [0.1, 0.15) is 11.9 Å². The van der Waals surface area contributed by atoms with Crippen molar-refractivity contribution in [2.75, 3.05) is 42.9 Å². The Morgan fingerprint density at radius 1 is 1.20 bits per heavy atom. The van der Waals surface area contributed by atoms with Gasteiger partial charge in [0, 0.05) is 50.9 Å². The van der Waals surface area contributed by atoms with E-state index < -0.39 is 0 Å². The van der Waals surface area contributed by atoms with Gasteiger partial charge in [-0.3, -0.25) is 9.59 Å². The van der Waals surface area contributed by atoms with Crippen molar-refractivity contribution in [3.8, 4) is 6.07 Å². The van der Waals surface area contributed by atoms with Crippen LogP contribution in [0.2, 0.25) is 0 Å². The zero-order valence-electron chi connectivity index (χ0n) is 17.2. The predicted octanol–water partition coefficient (Wildman–Crippen LogP) is 1.67. The molecular weight excluding hydrogens is 382 g/mol. The van der Waals surface area contributed by atoms with E-state index in [4.69, 9.17) is 5.26 Å². The summed E-state index contributed by atoms with van der Waals surface area (Å²) in [6, 6.07) is 5.69. The Morgan fingerprint density at radius 2 is 2.00 bits per heavy atom. The number of anilines is 2. The summed E-state index contributed by atoms with van der Waals surface area (Å²) in [6.45, 7) is 5.39. The fourth-order valence-corrected chi connectivity index (χ4v) is 3.42. The molecule has 30 heavy (non-hydrogen) atoms. The Balaban J connectivity index is 1.31. The van der Waals surface area contributed by atoms with Gasteiger partial charge in [-0.15, -0.1) is 0 Å². The molecule has 0 radical (unpaired) electrons. The highest BCUT2D eigenvalue weighted by Crippen LogP contribution is 2.15. The van der Waals surface area contributed by atoms with Crippen molar-refractivity contribution in [1.29, 1.82) is 5.26 Å². The lowest BCUT2D eigenvalue weighted by Gasteiger charge is -2.35. The van der Waals surface area contributed by atoms with Crippen molar-refractivity contribution in [3.05, 3.63) is 46.0 Å². The molecule has 1 saturated heterocycles. The van der Waals surface area contributed by atoms with Crippen LogP contribution in [0, 0.1) is 18.3 Å². The second kappa shape index (κ2) is 10.4. The first-order valence-corrected chi connectivity index (χ1v) is 10.3. The van der Waals surface area contributed by atoms with E-state index in [1.54, 1.807) is 25.4 Å². The number of amides is 1. The Morgan fingerprint density at radius 3 is 2.70 bits per heavy atom. The summed E-state index contributed by atoms with van der Waals surface area (Å²) in [4.78, 5) is 32.3. The van der Waals surface area contributed by atoms with Crippen molar-refractivity contribution < 1.29 is 4.79 Å². The number of hydrogen-bond acceptors (Lipinski definition) is 7. The number of hydrogen-bond donors (Lipinski definition) is 2. The average Bonchev–Trinajstić information content (AvgIpc) is 2.79. The van der Waals surface area contributed by atoms with Crippen molar-refractivity contribution in [2.24, 2.45) is 0 Å². The van der Waals surface area contributed by atoms with Gasteiger partial charge in [0.25, 0.3) is 5.56 Å². The van der Waals surface area contributed by atoms with Crippen LogP contribution in [0.15, 0.2) is 29.3 Å². The quantitative estimate of drug-likeness (QED) is 0.637. The average molecular weight is 409 g/mol. The predicted molar refractivity (Wildman–Crippen MR) is 114 cm³/mol. The lowest BCUT2D eigenvalue weighted by molar-refractivity contribution is -0.131. The highest BCUT2D eigenvalue weighted by atomic mass is 16.2. The number of carbonyl (C=O) groups excluding carboxylic acids is 1. The van der Waals surface area contributed by atoms with E-state index in [0.717, 1.165) is 50.4 Å². The molecule has 2 aromatic rings. The topological polar surface area (TPSA) is 118 Å². The molecule has 0 atom stereocenters. The second-order valence-corrected chi connectivity index (χ2v) is 7.36. The minimum atomic E-state index is -0.180. The highest BCUT2D eigenvalue weighted by Gasteiger charge is 2.21. The number of aromatic nitrogens is 3. The smallest absolute Gasteiger partial charge is 0.269 e. The lowest BCUT2D eigenvalue weighted by Crippen LogP contribution is -2.49. The Labute approximate surface area is 175 Å². The van der Waals surface area contributed by atoms with E-state index in [2.05, 4.69) is 31.5 Å². The number of nitrogens with one attached hydrogen (secondary N) is 2. The first-order chi connectivity index (χ1) is 14.6. The van der Waals surface area contributed by atoms with Gasteiger partial charge in [-0.05, 0) is 31.9 Å². The molecular formula is C21H27N7O2. The number of unbranched alkanes of at least 4 members (excludes halogenated alkanes) is 2. The van der Waals surface area contributed by atoms with Gasteiger partial charge in [-0.2, -0.15) is 10.4 Å². The number of piperazine rings is 1. The summed E-state index contributed by atoms with van der Waals surface area (Å²) in [5, 5.41) is 18.3. The number of nitrogens with zero attached hydrogens (tertiary/aromatic N) is 5. The zero-order chi connectivity index (χ0) is 21.3. The molecule has 1 amide bonds. The summed E-state index contributed by atoms with van der Waals surface area (Å²) in [6.07, 6.45) is 6.48. The van der Waals surface area contributed by atoms with Gasteiger partial charge in [-0.1, -0.05) is 6.42 Å². The van der Waals surface area contributed by atoms with Crippen LogP contribution in [-0.4, -0.2) is 58.7 Å². The Kier molecular flexibility index (Phi) is 7.38. The standard InChI is InChI=1S/C21H27N7O2/c1-16-18(15-25-26-21(16)30)23-8-4-2-3-5-20(29)28-11-9-27(10-12-28)19-7-6-17(13-22)14-24-19/h6-7,14-15H,2-5,8-12H2,1H3,(H2,23,26,30). The fourth-order valence-electron chi connectivity index (χ4n) is 3.42. The normalized spacial score (nSPS) is 13.7. The maximum atomic E-state index is 12.5. The molecule has 1 fully saturated rings. The van der Waals surface area contributed by atoms with Gasteiger partial charge in [0.15, 0.2) is 0 Å². The molecule has 2 N–H and O–H groups in total. The molecule has 0 bridgehead atoms. The molecule has 158 valence electrons. The fraction of sp³-hybridized carbons (Fsp3) is 0.476. The molecule has 3 heterocycles. The van der Waals surface area contributed by atoms with Crippen molar-refractivity contribution in [2.45, 2.75) is 32.6 Å². The molecule has 1 aliphatic heterocycles. The molecule has 9 nitrogen and oxygen atoms in total. The number of aromatic amines is 1. The van der Waals surface area contributed by atoms with E-state index >= 15 is 0 Å². The molecule has 0 aliphatic carbocycles. The maximum absolute atomic E-state index is 12.5. The maximum Gasteiger partial charge on any atom is 0.269 e. The van der Waals surface area contributed by atoms with Crippen LogP contribution in [0.1, 0.15) is 36.8 Å². The highest BCUT2D eigenvalue weighted by molar-refractivity contribution is 5.76. The van der Waals surface area contributed by atoms with Crippen LogP contribution >= 0.6 is 0 Å². The molecule has 3 rings (SSSR count). The van der Waals surface area contributed by atoms with Crippen LogP contribution in [0.5, 0.6) is 0 Å². The third-order valence-electron chi connectivity index (χ3n) is 5.32. The van der Waals surface area contributed by atoms with Crippen molar-refractivity contribution in [1.82, 2.24) is 20.1 Å². The monoisotopic (exact) mass is 409 g/mol. The number of pyridine rings is 1. The summed E-state index contributed by atoms with van der Waals surface area (Å²) >= 11 is 0. The number of nitriles is 1. The summed E-state index contributed by atoms with van der Waals surface area (Å²) in [5.41, 5.74) is 1.76. The van der Waals surface area contributed by atoms with E-state index in [9.17, 15) is 9.59 Å². The number of carbonyl (C=O) groups is 1. The lowest BCUT2D eigenvalue weighted by atomic mass is 10.1. The number of H-pyrrole nitrogens is 1. The van der Waals surface area contributed by atoms with Crippen LogP contribution < -0.4 is 15.8 Å². The van der Waals surface area contributed by atoms with Gasteiger partial charge in [0.2, 0.25) is 5.91 Å². The third-order valence-corrected chi connectivity index (χ3v) is 5.32. The van der Waals surface area contributed by atoms with E-state index in [-0.39, 0.29) is 11.5 Å². The second-order valence-electron chi connectivity index (χ2n) is 7.36. The first kappa shape index (κ1) is 21.3. The van der Waals surface area contributed by atoms with Crippen LogP contribution in [0.25, 0.3) is 0 Å². The molecule has 0 unspecified atom stereocenters. The van der Waals surface area contributed by atoms with Crippen LogP contribution in [0.4, 0.5) is 11.5 Å². The summed E-state index contributed by atoms with van der Waals surface area (Å²) in [5.74, 6) is 1.05. The molecule has 9 heteroatoms. The van der Waals surface area contributed by atoms with Crippen LogP contribution in [0.3, 0.4) is 0 Å². The van der Waals surface area contributed by atoms with Crippen molar-refractivity contribution >= 4 is 17.4 Å². The SMILES string of the molecule is Cc1c(NCCCCCC(=O)N2CCN(c3ccc(C#N)cn3)CC2)cn[nH]c1=O. The van der Waals surface area contributed by atoms with E-state index in [1.807, 2.05) is 11.0 Å². The van der Waals surface area contributed by atoms with E-state index in [1.165, 1.54) is 0 Å². The third kappa shape index (κ3) is 5.56. The summed E-state index contributed by atoms with van der Waals surface area (Å²) in [7, 11) is 0. The largest absolute Gasteiger partial charge is 0.383 e. The molecule has 2 aromatic heterocycles. The van der Waals surface area contributed by atoms with Gasteiger partial charge in [-0.25, -0.2) is 10.1 Å². The zero-order valence-corrected chi connectivity index (χ0v) is 17.2. The Bertz CT molecular complexity index is 941. The minimum absolute atomic E-state index is 0.180. The molecule has 0 aromatic carbocycles. The van der Waals surface area contributed by atoms with Gasteiger partial charge in [0.05, 0.1) is 17.4 Å². The Hall–Kier alpha value is -3.41. The van der Waals surface area contributed by atoms with E-state index in [0.29, 0.717) is 30.6 Å². The first-order valence-electron chi connectivity index (χ1n) is 10.3.